The first-order chi connectivity index (χ1) is 14.5. The van der Waals surface area contributed by atoms with Crippen molar-refractivity contribution in [3.63, 3.8) is 0 Å². The second kappa shape index (κ2) is 7.15. The molecule has 30 heavy (non-hydrogen) atoms. The Bertz CT molecular complexity index is 1070. The van der Waals surface area contributed by atoms with Crippen molar-refractivity contribution in [2.45, 2.75) is 24.9 Å². The second-order valence-corrected chi connectivity index (χ2v) is 7.10. The van der Waals surface area contributed by atoms with Crippen LogP contribution >= 0.6 is 0 Å². The van der Waals surface area contributed by atoms with Crippen LogP contribution in [0.3, 0.4) is 0 Å². The van der Waals surface area contributed by atoms with Crippen LogP contribution in [-0.2, 0) is 24.5 Å². The molecule has 0 bridgehead atoms. The van der Waals surface area contributed by atoms with Gasteiger partial charge in [0.05, 0.1) is 18.8 Å². The minimum atomic E-state index is -2.33. The molecule has 4 rings (SSSR count). The molecule has 2 unspecified atom stereocenters. The molecule has 2 aliphatic carbocycles. The molecule has 2 aromatic carbocycles. The molecule has 0 amide bonds. The molecule has 2 atom stereocenters. The lowest BCUT2D eigenvalue weighted by Crippen LogP contribution is -2.72. The molecule has 0 heterocycles. The Morgan fingerprint density at radius 1 is 0.800 bits per heavy atom. The Kier molecular flexibility index (Phi) is 4.74. The van der Waals surface area contributed by atoms with Crippen LogP contribution in [-0.4, -0.2) is 40.6 Å². The highest BCUT2D eigenvalue weighted by atomic mass is 16.5. The summed E-state index contributed by atoms with van der Waals surface area (Å²) in [4.78, 5) is 26.7. The molecular formula is C24H22O6. The summed E-state index contributed by atoms with van der Waals surface area (Å²) in [5.74, 6) is -2.15. The van der Waals surface area contributed by atoms with Gasteiger partial charge in [-0.1, -0.05) is 60.7 Å². The summed E-state index contributed by atoms with van der Waals surface area (Å²) in [6, 6.07) is 17.2. The van der Waals surface area contributed by atoms with Crippen LogP contribution in [0, 0.1) is 0 Å². The van der Waals surface area contributed by atoms with Crippen molar-refractivity contribution in [3.8, 4) is 0 Å². The molecule has 2 aliphatic rings. The minimum absolute atomic E-state index is 0.00288. The van der Waals surface area contributed by atoms with Crippen LogP contribution in [0.4, 0.5) is 0 Å². The Morgan fingerprint density at radius 3 is 1.90 bits per heavy atom. The summed E-state index contributed by atoms with van der Waals surface area (Å²) in [5, 5.41) is 22.1. The Hall–Kier alpha value is -3.38. The smallest absolute Gasteiger partial charge is 0.222 e. The number of carbonyl (C=O) groups is 2. The number of ketones is 2. The SMILES string of the molecule is CCOC1=C(c2ccccc2)C(=O)C1(O)C1(c2ccccc2)C(=O)C(O)=C1OCC. The zero-order valence-corrected chi connectivity index (χ0v) is 16.7. The third kappa shape index (κ3) is 2.28. The Balaban J connectivity index is 2.00. The molecular weight excluding hydrogens is 384 g/mol. The molecule has 6 heteroatoms. The number of allylic oxidation sites excluding steroid dienone is 1. The third-order valence-electron chi connectivity index (χ3n) is 5.61. The van der Waals surface area contributed by atoms with Gasteiger partial charge in [0.2, 0.25) is 22.9 Å². The lowest BCUT2D eigenvalue weighted by atomic mass is 9.50. The number of benzene rings is 2. The quantitative estimate of drug-likeness (QED) is 0.734. The van der Waals surface area contributed by atoms with Gasteiger partial charge in [-0.2, -0.15) is 0 Å². The molecule has 0 spiro atoms. The molecule has 0 saturated heterocycles. The van der Waals surface area contributed by atoms with E-state index in [4.69, 9.17) is 9.47 Å². The fourth-order valence-corrected chi connectivity index (χ4v) is 4.34. The van der Waals surface area contributed by atoms with Gasteiger partial charge in [0.1, 0.15) is 5.76 Å². The van der Waals surface area contributed by atoms with E-state index in [2.05, 4.69) is 0 Å². The van der Waals surface area contributed by atoms with Gasteiger partial charge in [-0.3, -0.25) is 9.59 Å². The summed E-state index contributed by atoms with van der Waals surface area (Å²) in [6.07, 6.45) is 0. The second-order valence-electron chi connectivity index (χ2n) is 7.10. The van der Waals surface area contributed by atoms with Crippen LogP contribution in [0.25, 0.3) is 5.57 Å². The number of hydrogen-bond donors (Lipinski definition) is 2. The highest BCUT2D eigenvalue weighted by molar-refractivity contribution is 6.37. The monoisotopic (exact) mass is 406 g/mol. The van der Waals surface area contributed by atoms with Crippen molar-refractivity contribution in [1.82, 2.24) is 0 Å². The average Bonchev–Trinajstić information content (AvgIpc) is 2.79. The Morgan fingerprint density at radius 2 is 1.33 bits per heavy atom. The van der Waals surface area contributed by atoms with Gasteiger partial charge in [0, 0.05) is 0 Å². The third-order valence-corrected chi connectivity index (χ3v) is 5.61. The molecule has 6 nitrogen and oxygen atoms in total. The average molecular weight is 406 g/mol. The van der Waals surface area contributed by atoms with Gasteiger partial charge in [-0.25, -0.2) is 0 Å². The van der Waals surface area contributed by atoms with E-state index >= 15 is 0 Å². The van der Waals surface area contributed by atoms with E-state index in [0.29, 0.717) is 11.1 Å². The van der Waals surface area contributed by atoms with E-state index in [9.17, 15) is 19.8 Å². The van der Waals surface area contributed by atoms with Gasteiger partial charge in [0.15, 0.2) is 11.2 Å². The molecule has 0 radical (unpaired) electrons. The number of ether oxygens (including phenoxy) is 2. The van der Waals surface area contributed by atoms with Gasteiger partial charge in [0.25, 0.3) is 0 Å². The normalized spacial score (nSPS) is 25.7. The van der Waals surface area contributed by atoms with Crippen molar-refractivity contribution in [3.05, 3.63) is 89.1 Å². The lowest BCUT2D eigenvalue weighted by Gasteiger charge is -2.54. The van der Waals surface area contributed by atoms with Crippen LogP contribution in [0.1, 0.15) is 25.0 Å². The maximum Gasteiger partial charge on any atom is 0.222 e. The van der Waals surface area contributed by atoms with E-state index in [1.54, 1.807) is 68.4 Å². The first-order valence-corrected chi connectivity index (χ1v) is 9.83. The minimum Gasteiger partial charge on any atom is -0.502 e. The van der Waals surface area contributed by atoms with E-state index < -0.39 is 28.3 Å². The number of aliphatic hydroxyl groups is 2. The number of carbonyl (C=O) groups excluding carboxylic acids is 2. The van der Waals surface area contributed by atoms with Crippen LogP contribution < -0.4 is 0 Å². The standard InChI is InChI=1S/C24H22O6/c1-3-29-21-17(15-11-7-5-8-12-15)19(26)24(21,28)23(16-13-9-6-10-14-16)20(27)18(25)22(23)30-4-2/h5-14,25,28H,3-4H2,1-2H3. The number of rotatable bonds is 7. The van der Waals surface area contributed by atoms with Crippen molar-refractivity contribution in [2.75, 3.05) is 13.2 Å². The molecule has 154 valence electrons. The van der Waals surface area contributed by atoms with E-state index in [1.165, 1.54) is 0 Å². The van der Waals surface area contributed by atoms with E-state index in [-0.39, 0.29) is 30.3 Å². The summed E-state index contributed by atoms with van der Waals surface area (Å²) >= 11 is 0. The fraction of sp³-hybridized carbons (Fsp3) is 0.250. The van der Waals surface area contributed by atoms with E-state index in [1.807, 2.05) is 6.07 Å². The van der Waals surface area contributed by atoms with Crippen LogP contribution in [0.15, 0.2) is 77.9 Å². The van der Waals surface area contributed by atoms with Gasteiger partial charge in [-0.15, -0.1) is 0 Å². The topological polar surface area (TPSA) is 93.1 Å². The van der Waals surface area contributed by atoms with Gasteiger partial charge in [-0.05, 0) is 25.0 Å². The van der Waals surface area contributed by atoms with Crippen molar-refractivity contribution in [2.24, 2.45) is 0 Å². The van der Waals surface area contributed by atoms with Crippen molar-refractivity contribution < 1.29 is 29.3 Å². The molecule has 0 saturated carbocycles. The highest BCUT2D eigenvalue weighted by Crippen LogP contribution is 2.60. The zero-order chi connectivity index (χ0) is 21.5. The van der Waals surface area contributed by atoms with E-state index in [0.717, 1.165) is 0 Å². The summed E-state index contributed by atoms with van der Waals surface area (Å²) in [5.41, 5.74) is -3.10. The Labute approximate surface area is 174 Å². The first kappa shape index (κ1) is 19.9. The predicted molar refractivity (Wildman–Crippen MR) is 109 cm³/mol. The summed E-state index contributed by atoms with van der Waals surface area (Å²) in [7, 11) is 0. The molecule has 0 aromatic heterocycles. The number of hydrogen-bond acceptors (Lipinski definition) is 6. The molecule has 2 aromatic rings. The van der Waals surface area contributed by atoms with Crippen molar-refractivity contribution >= 4 is 17.1 Å². The van der Waals surface area contributed by atoms with Crippen molar-refractivity contribution in [1.29, 1.82) is 0 Å². The van der Waals surface area contributed by atoms with Crippen LogP contribution in [0.2, 0.25) is 0 Å². The maximum absolute atomic E-state index is 13.5. The van der Waals surface area contributed by atoms with Gasteiger partial charge >= 0.3 is 0 Å². The maximum atomic E-state index is 13.5. The number of aliphatic hydroxyl groups excluding tert-OH is 1. The first-order valence-electron chi connectivity index (χ1n) is 9.83. The molecule has 0 aliphatic heterocycles. The largest absolute Gasteiger partial charge is 0.502 e. The fourth-order valence-electron chi connectivity index (χ4n) is 4.34. The summed E-state index contributed by atoms with van der Waals surface area (Å²) < 4.78 is 11.3. The summed E-state index contributed by atoms with van der Waals surface area (Å²) in [6.45, 7) is 3.75. The molecule has 2 N–H and O–H groups in total. The lowest BCUT2D eigenvalue weighted by molar-refractivity contribution is -0.160. The van der Waals surface area contributed by atoms with Gasteiger partial charge < -0.3 is 19.7 Å². The van der Waals surface area contributed by atoms with Crippen LogP contribution in [0.5, 0.6) is 0 Å². The number of Topliss-reactive ketones (excluding diaryl/α,β-unsaturated/α-hetero) is 2. The zero-order valence-electron chi connectivity index (χ0n) is 16.7. The predicted octanol–water partition coefficient (Wildman–Crippen LogP) is 3.07. The highest BCUT2D eigenvalue weighted by Gasteiger charge is 2.78. The molecule has 0 fully saturated rings.